The fraction of sp³-hybridized carbons (Fsp3) is 0.385. The van der Waals surface area contributed by atoms with Crippen molar-refractivity contribution in [2.24, 2.45) is 0 Å². The van der Waals surface area contributed by atoms with Crippen LogP contribution in [-0.2, 0) is 9.53 Å². The molecule has 0 aliphatic carbocycles. The van der Waals surface area contributed by atoms with Crippen molar-refractivity contribution >= 4 is 23.5 Å². The van der Waals surface area contributed by atoms with Gasteiger partial charge in [0, 0.05) is 13.6 Å². The Morgan fingerprint density at radius 2 is 2.05 bits per heavy atom. The van der Waals surface area contributed by atoms with Gasteiger partial charge in [0.25, 0.3) is 5.91 Å². The number of benzene rings is 1. The van der Waals surface area contributed by atoms with Crippen LogP contribution in [-0.4, -0.2) is 37.5 Å². The van der Waals surface area contributed by atoms with Crippen LogP contribution in [0.15, 0.2) is 12.1 Å². The molecular weight excluding hydrogens is 273 g/mol. The summed E-state index contributed by atoms with van der Waals surface area (Å²) in [6, 6.07) is 2.51. The largest absolute Gasteiger partial charge is 0.469 e. The minimum atomic E-state index is -0.492. The van der Waals surface area contributed by atoms with Crippen LogP contribution in [0.2, 0.25) is 5.02 Å². The zero-order valence-corrected chi connectivity index (χ0v) is 11.8. The van der Waals surface area contributed by atoms with Crippen molar-refractivity contribution in [2.45, 2.75) is 13.3 Å². The molecule has 0 atom stereocenters. The van der Waals surface area contributed by atoms with Crippen LogP contribution in [0.1, 0.15) is 22.3 Å². The molecule has 0 radical (unpaired) electrons. The molecule has 0 saturated carbocycles. The van der Waals surface area contributed by atoms with Crippen LogP contribution >= 0.6 is 11.6 Å². The Labute approximate surface area is 116 Å². The molecule has 4 nitrogen and oxygen atoms in total. The van der Waals surface area contributed by atoms with E-state index in [1.165, 1.54) is 25.1 Å². The second-order valence-corrected chi connectivity index (χ2v) is 4.54. The smallest absolute Gasteiger partial charge is 0.307 e. The van der Waals surface area contributed by atoms with E-state index >= 15 is 0 Å². The highest BCUT2D eigenvalue weighted by molar-refractivity contribution is 6.33. The Morgan fingerprint density at radius 3 is 2.63 bits per heavy atom. The second-order valence-electron chi connectivity index (χ2n) is 4.13. The monoisotopic (exact) mass is 287 g/mol. The summed E-state index contributed by atoms with van der Waals surface area (Å²) in [4.78, 5) is 24.3. The number of amides is 1. The van der Waals surface area contributed by atoms with Crippen molar-refractivity contribution in [3.05, 3.63) is 34.1 Å². The Balaban J connectivity index is 2.82. The zero-order chi connectivity index (χ0) is 14.6. The van der Waals surface area contributed by atoms with Crippen LogP contribution in [0.4, 0.5) is 4.39 Å². The maximum atomic E-state index is 13.4. The number of aryl methyl sites for hydroxylation is 1. The number of esters is 1. The molecule has 1 rings (SSSR count). The highest BCUT2D eigenvalue weighted by Gasteiger charge is 2.18. The van der Waals surface area contributed by atoms with Gasteiger partial charge >= 0.3 is 5.97 Å². The van der Waals surface area contributed by atoms with Crippen molar-refractivity contribution in [2.75, 3.05) is 20.7 Å². The van der Waals surface area contributed by atoms with Crippen molar-refractivity contribution in [3.8, 4) is 0 Å². The van der Waals surface area contributed by atoms with Gasteiger partial charge in [-0.3, -0.25) is 9.59 Å². The standard InChI is InChI=1S/C13H15ClFNO3/c1-8-6-10(14)9(7-11(8)15)13(18)16(2)5-4-12(17)19-3/h6-7H,4-5H2,1-3H3. The summed E-state index contributed by atoms with van der Waals surface area (Å²) in [5, 5.41) is 0.189. The molecular formula is C13H15ClFNO3. The molecule has 6 heteroatoms. The zero-order valence-electron chi connectivity index (χ0n) is 11.0. The fourth-order valence-corrected chi connectivity index (χ4v) is 1.78. The van der Waals surface area contributed by atoms with Crippen LogP contribution in [0.3, 0.4) is 0 Å². The number of carbonyl (C=O) groups excluding carboxylic acids is 2. The lowest BCUT2D eigenvalue weighted by molar-refractivity contribution is -0.140. The molecule has 1 aromatic rings. The predicted molar refractivity (Wildman–Crippen MR) is 69.7 cm³/mol. The summed E-state index contributed by atoms with van der Waals surface area (Å²) in [7, 11) is 2.79. The number of methoxy groups -OCH3 is 1. The third-order valence-electron chi connectivity index (χ3n) is 2.70. The lowest BCUT2D eigenvalue weighted by Gasteiger charge is -2.17. The van der Waals surface area contributed by atoms with Crippen LogP contribution in [0.5, 0.6) is 0 Å². The number of nitrogens with zero attached hydrogens (tertiary/aromatic N) is 1. The second kappa shape index (κ2) is 6.52. The average Bonchev–Trinajstić information content (AvgIpc) is 2.38. The first-order valence-corrected chi connectivity index (χ1v) is 6.02. The summed E-state index contributed by atoms with van der Waals surface area (Å²) in [5.41, 5.74) is 0.455. The maximum Gasteiger partial charge on any atom is 0.307 e. The van der Waals surface area contributed by atoms with Gasteiger partial charge in [-0.25, -0.2) is 4.39 Å². The molecule has 1 amide bonds. The van der Waals surface area contributed by atoms with Crippen LogP contribution in [0.25, 0.3) is 0 Å². The first-order chi connectivity index (χ1) is 8.86. The van der Waals surface area contributed by atoms with Crippen LogP contribution in [0, 0.1) is 12.7 Å². The minimum absolute atomic E-state index is 0.0741. The third kappa shape index (κ3) is 3.92. The number of rotatable bonds is 4. The summed E-state index contributed by atoms with van der Waals surface area (Å²) in [6.07, 6.45) is 0.0741. The maximum absolute atomic E-state index is 13.4. The van der Waals surface area contributed by atoms with Gasteiger partial charge < -0.3 is 9.64 Å². The van der Waals surface area contributed by atoms with Crippen LogP contribution < -0.4 is 0 Å². The topological polar surface area (TPSA) is 46.6 Å². The molecule has 0 aliphatic rings. The average molecular weight is 288 g/mol. The summed E-state index contributed by atoms with van der Waals surface area (Å²) < 4.78 is 17.9. The number of halogens is 2. The normalized spacial score (nSPS) is 10.2. The third-order valence-corrected chi connectivity index (χ3v) is 3.02. The fourth-order valence-electron chi connectivity index (χ4n) is 1.48. The van der Waals surface area contributed by atoms with Gasteiger partial charge in [-0.05, 0) is 24.6 Å². The molecule has 0 bridgehead atoms. The summed E-state index contributed by atoms with van der Waals surface area (Å²) >= 11 is 5.92. The Hall–Kier alpha value is -1.62. The molecule has 0 aliphatic heterocycles. The Kier molecular flexibility index (Phi) is 5.30. The lowest BCUT2D eigenvalue weighted by Crippen LogP contribution is -2.29. The first kappa shape index (κ1) is 15.4. The Bertz CT molecular complexity index is 505. The number of ether oxygens (including phenoxy) is 1. The van der Waals surface area contributed by atoms with E-state index in [1.54, 1.807) is 6.92 Å². The molecule has 0 unspecified atom stereocenters. The number of hydrogen-bond acceptors (Lipinski definition) is 3. The van der Waals surface area contributed by atoms with E-state index in [4.69, 9.17) is 11.6 Å². The molecule has 0 saturated heterocycles. The van der Waals surface area contributed by atoms with E-state index in [0.29, 0.717) is 5.56 Å². The van der Waals surface area contributed by atoms with E-state index in [9.17, 15) is 14.0 Å². The lowest BCUT2D eigenvalue weighted by atomic mass is 10.1. The molecule has 0 N–H and O–H groups in total. The van der Waals surface area contributed by atoms with E-state index in [-0.39, 0.29) is 23.6 Å². The van der Waals surface area contributed by atoms with Crippen molar-refractivity contribution in [3.63, 3.8) is 0 Å². The number of carbonyl (C=O) groups is 2. The molecule has 0 aromatic heterocycles. The van der Waals surface area contributed by atoms with Crippen molar-refractivity contribution in [1.29, 1.82) is 0 Å². The van der Waals surface area contributed by atoms with Crippen molar-refractivity contribution < 1.29 is 18.7 Å². The quantitative estimate of drug-likeness (QED) is 0.799. The van der Waals surface area contributed by atoms with E-state index < -0.39 is 17.7 Å². The first-order valence-electron chi connectivity index (χ1n) is 5.64. The van der Waals surface area contributed by atoms with E-state index in [0.717, 1.165) is 6.07 Å². The minimum Gasteiger partial charge on any atom is -0.469 e. The molecule has 0 spiro atoms. The molecule has 104 valence electrons. The summed E-state index contributed by atoms with van der Waals surface area (Å²) in [5.74, 6) is -1.34. The van der Waals surface area contributed by atoms with Gasteiger partial charge in [-0.2, -0.15) is 0 Å². The molecule has 0 fully saturated rings. The number of hydrogen-bond donors (Lipinski definition) is 0. The molecule has 1 aromatic carbocycles. The van der Waals surface area contributed by atoms with E-state index in [2.05, 4.69) is 4.74 Å². The predicted octanol–water partition coefficient (Wildman–Crippen LogP) is 2.42. The Morgan fingerprint density at radius 1 is 1.42 bits per heavy atom. The van der Waals surface area contributed by atoms with Gasteiger partial charge in [0.05, 0.1) is 24.1 Å². The summed E-state index contributed by atoms with van der Waals surface area (Å²) in [6.45, 7) is 1.74. The van der Waals surface area contributed by atoms with Crippen molar-refractivity contribution in [1.82, 2.24) is 4.90 Å². The highest BCUT2D eigenvalue weighted by atomic mass is 35.5. The SMILES string of the molecule is COC(=O)CCN(C)C(=O)c1cc(F)c(C)cc1Cl. The van der Waals surface area contributed by atoms with Gasteiger partial charge in [0.1, 0.15) is 5.82 Å². The highest BCUT2D eigenvalue weighted by Crippen LogP contribution is 2.21. The molecule has 0 heterocycles. The van der Waals surface area contributed by atoms with Gasteiger partial charge in [0.2, 0.25) is 0 Å². The van der Waals surface area contributed by atoms with E-state index in [1.807, 2.05) is 0 Å². The molecule has 19 heavy (non-hydrogen) atoms. The van der Waals surface area contributed by atoms with Gasteiger partial charge in [0.15, 0.2) is 0 Å². The van der Waals surface area contributed by atoms with Gasteiger partial charge in [-0.15, -0.1) is 0 Å². The van der Waals surface area contributed by atoms with Gasteiger partial charge in [-0.1, -0.05) is 11.6 Å².